The molecule has 1 amide bonds. The molecule has 1 aromatic carbocycles. The Hall–Kier alpha value is -3.02. The van der Waals surface area contributed by atoms with Gasteiger partial charge in [0, 0.05) is 21.8 Å². The van der Waals surface area contributed by atoms with Crippen LogP contribution in [0.2, 0.25) is 0 Å². The molecule has 0 saturated heterocycles. The fourth-order valence-corrected chi connectivity index (χ4v) is 4.58. The normalized spacial score (nSPS) is 16.4. The van der Waals surface area contributed by atoms with E-state index in [-0.39, 0.29) is 11.7 Å². The van der Waals surface area contributed by atoms with E-state index in [1.54, 1.807) is 19.1 Å². The second-order valence-electron chi connectivity index (χ2n) is 5.97. The number of thiophene rings is 1. The number of hydrogen-bond donors (Lipinski definition) is 3. The summed E-state index contributed by atoms with van der Waals surface area (Å²) in [6.45, 7) is 1.76. The van der Waals surface area contributed by atoms with Gasteiger partial charge in [0.25, 0.3) is 5.91 Å². The summed E-state index contributed by atoms with van der Waals surface area (Å²) in [7, 11) is 0. The van der Waals surface area contributed by atoms with Crippen molar-refractivity contribution in [2.24, 2.45) is 0 Å². The molecule has 2 aromatic rings. The van der Waals surface area contributed by atoms with E-state index < -0.39 is 11.9 Å². The lowest BCUT2D eigenvalue weighted by Crippen LogP contribution is -2.30. The highest BCUT2D eigenvalue weighted by atomic mass is 32.2. The summed E-state index contributed by atoms with van der Waals surface area (Å²) in [5, 5.41) is 27.1. The SMILES string of the molecule is CC1=C(C(=O)Nc2ccccc2)[C@H](c2cccs2)C(C#N)=C(SCC(=O)O)N1. The zero-order valence-corrected chi connectivity index (χ0v) is 16.6. The Labute approximate surface area is 170 Å². The largest absolute Gasteiger partial charge is 0.481 e. The Morgan fingerprint density at radius 3 is 2.64 bits per heavy atom. The highest BCUT2D eigenvalue weighted by molar-refractivity contribution is 8.03. The average molecular weight is 412 g/mol. The van der Waals surface area contributed by atoms with E-state index in [2.05, 4.69) is 16.7 Å². The quantitative estimate of drug-likeness (QED) is 0.666. The molecule has 0 fully saturated rings. The fraction of sp³-hybridized carbons (Fsp3) is 0.150. The number of anilines is 1. The smallest absolute Gasteiger partial charge is 0.313 e. The summed E-state index contributed by atoms with van der Waals surface area (Å²) in [6, 6.07) is 15.0. The predicted molar refractivity (Wildman–Crippen MR) is 111 cm³/mol. The predicted octanol–water partition coefficient (Wildman–Crippen LogP) is 3.90. The lowest BCUT2D eigenvalue weighted by Gasteiger charge is -2.28. The summed E-state index contributed by atoms with van der Waals surface area (Å²) in [6.07, 6.45) is 0. The van der Waals surface area contributed by atoms with Crippen LogP contribution in [0.4, 0.5) is 5.69 Å². The number of carbonyl (C=O) groups is 2. The van der Waals surface area contributed by atoms with Gasteiger partial charge >= 0.3 is 5.97 Å². The molecule has 0 unspecified atom stereocenters. The van der Waals surface area contributed by atoms with Crippen molar-refractivity contribution in [3.8, 4) is 6.07 Å². The van der Waals surface area contributed by atoms with Gasteiger partial charge in [-0.25, -0.2) is 0 Å². The molecule has 1 aromatic heterocycles. The number of allylic oxidation sites excluding steroid dienone is 2. The van der Waals surface area contributed by atoms with Crippen molar-refractivity contribution < 1.29 is 14.7 Å². The van der Waals surface area contributed by atoms with Gasteiger partial charge in [0.15, 0.2) is 0 Å². The maximum atomic E-state index is 13.1. The first-order chi connectivity index (χ1) is 13.5. The molecule has 0 spiro atoms. The number of hydrogen-bond acceptors (Lipinski definition) is 6. The highest BCUT2D eigenvalue weighted by Gasteiger charge is 2.35. The second kappa shape index (κ2) is 8.78. The van der Waals surface area contributed by atoms with Crippen LogP contribution in [-0.4, -0.2) is 22.7 Å². The molecule has 0 aliphatic carbocycles. The highest BCUT2D eigenvalue weighted by Crippen LogP contribution is 2.42. The number of benzene rings is 1. The molecule has 2 heterocycles. The van der Waals surface area contributed by atoms with E-state index >= 15 is 0 Å². The Morgan fingerprint density at radius 2 is 2.04 bits per heavy atom. The molecule has 0 bridgehead atoms. The van der Waals surface area contributed by atoms with E-state index in [0.29, 0.717) is 27.6 Å². The molecule has 8 heteroatoms. The van der Waals surface area contributed by atoms with Gasteiger partial charge in [0.2, 0.25) is 0 Å². The van der Waals surface area contributed by atoms with Crippen LogP contribution >= 0.6 is 23.1 Å². The summed E-state index contributed by atoms with van der Waals surface area (Å²) < 4.78 is 0. The molecular weight excluding hydrogens is 394 g/mol. The van der Waals surface area contributed by atoms with Gasteiger partial charge in [0.1, 0.15) is 0 Å². The lowest BCUT2D eigenvalue weighted by atomic mass is 9.86. The maximum absolute atomic E-state index is 13.1. The zero-order valence-electron chi connectivity index (χ0n) is 14.9. The van der Waals surface area contributed by atoms with Crippen LogP contribution in [0.15, 0.2) is 69.7 Å². The molecular formula is C20H17N3O3S2. The van der Waals surface area contributed by atoms with Crippen molar-refractivity contribution in [3.63, 3.8) is 0 Å². The molecule has 142 valence electrons. The Kier molecular flexibility index (Phi) is 6.19. The van der Waals surface area contributed by atoms with Crippen LogP contribution in [0.25, 0.3) is 0 Å². The zero-order chi connectivity index (χ0) is 20.1. The molecule has 1 aliphatic rings. The van der Waals surface area contributed by atoms with E-state index in [1.165, 1.54) is 11.3 Å². The first kappa shape index (κ1) is 19.7. The molecule has 0 saturated carbocycles. The topological polar surface area (TPSA) is 102 Å². The van der Waals surface area contributed by atoms with E-state index in [0.717, 1.165) is 16.6 Å². The van der Waals surface area contributed by atoms with Crippen molar-refractivity contribution >= 4 is 40.7 Å². The number of carboxylic acids is 1. The van der Waals surface area contributed by atoms with E-state index in [1.807, 2.05) is 35.7 Å². The Morgan fingerprint density at radius 1 is 1.29 bits per heavy atom. The fourth-order valence-electron chi connectivity index (χ4n) is 2.92. The van der Waals surface area contributed by atoms with Gasteiger partial charge < -0.3 is 15.7 Å². The van der Waals surface area contributed by atoms with Gasteiger partial charge in [-0.15, -0.1) is 11.3 Å². The van der Waals surface area contributed by atoms with E-state index in [4.69, 9.17) is 5.11 Å². The van der Waals surface area contributed by atoms with Gasteiger partial charge in [-0.05, 0) is 30.5 Å². The number of carbonyl (C=O) groups excluding carboxylic acids is 1. The van der Waals surface area contributed by atoms with Gasteiger partial charge in [-0.1, -0.05) is 36.0 Å². The molecule has 3 N–H and O–H groups in total. The third-order valence-corrected chi connectivity index (χ3v) is 6.03. The molecule has 1 atom stereocenters. The number of amides is 1. The minimum atomic E-state index is -0.974. The molecule has 6 nitrogen and oxygen atoms in total. The van der Waals surface area contributed by atoms with Gasteiger partial charge in [-0.3, -0.25) is 9.59 Å². The number of dihydropyridines is 1. The number of nitrogens with zero attached hydrogens (tertiary/aromatic N) is 1. The van der Waals surface area contributed by atoms with Crippen molar-refractivity contribution in [2.45, 2.75) is 12.8 Å². The lowest BCUT2D eigenvalue weighted by molar-refractivity contribution is -0.133. The number of nitriles is 1. The monoisotopic (exact) mass is 411 g/mol. The number of aliphatic carboxylic acids is 1. The summed E-state index contributed by atoms with van der Waals surface area (Å²) in [4.78, 5) is 24.9. The summed E-state index contributed by atoms with van der Waals surface area (Å²) in [5.74, 6) is -2.00. The number of thioether (sulfide) groups is 1. The van der Waals surface area contributed by atoms with Crippen molar-refractivity contribution in [1.29, 1.82) is 5.26 Å². The first-order valence-electron chi connectivity index (χ1n) is 8.37. The minimum absolute atomic E-state index is 0.177. The molecule has 3 rings (SSSR count). The van der Waals surface area contributed by atoms with Crippen LogP contribution in [0.5, 0.6) is 0 Å². The maximum Gasteiger partial charge on any atom is 0.313 e. The number of para-hydroxylation sites is 1. The van der Waals surface area contributed by atoms with Crippen molar-refractivity contribution in [2.75, 3.05) is 11.1 Å². The first-order valence-corrected chi connectivity index (χ1v) is 10.2. The van der Waals surface area contributed by atoms with Crippen LogP contribution in [0.1, 0.15) is 17.7 Å². The van der Waals surface area contributed by atoms with Crippen LogP contribution in [0, 0.1) is 11.3 Å². The van der Waals surface area contributed by atoms with Crippen molar-refractivity contribution in [3.05, 3.63) is 74.6 Å². The number of carboxylic acid groups (broad SMARTS) is 1. The Bertz CT molecular complexity index is 989. The number of nitrogens with one attached hydrogen (secondary N) is 2. The van der Waals surface area contributed by atoms with Gasteiger partial charge in [-0.2, -0.15) is 5.26 Å². The Balaban J connectivity index is 2.01. The summed E-state index contributed by atoms with van der Waals surface area (Å²) >= 11 is 2.50. The third kappa shape index (κ3) is 4.27. The minimum Gasteiger partial charge on any atom is -0.481 e. The molecule has 0 radical (unpaired) electrons. The van der Waals surface area contributed by atoms with Crippen LogP contribution in [-0.2, 0) is 9.59 Å². The van der Waals surface area contributed by atoms with Crippen LogP contribution in [0.3, 0.4) is 0 Å². The molecule has 28 heavy (non-hydrogen) atoms. The van der Waals surface area contributed by atoms with Crippen molar-refractivity contribution in [1.82, 2.24) is 5.32 Å². The average Bonchev–Trinajstić information content (AvgIpc) is 3.20. The van der Waals surface area contributed by atoms with E-state index in [9.17, 15) is 14.9 Å². The second-order valence-corrected chi connectivity index (χ2v) is 7.93. The molecule has 1 aliphatic heterocycles. The van der Waals surface area contributed by atoms with Crippen LogP contribution < -0.4 is 10.6 Å². The van der Waals surface area contributed by atoms with Gasteiger partial charge in [0.05, 0.1) is 28.3 Å². The third-order valence-electron chi connectivity index (χ3n) is 4.09. The standard InChI is InChI=1S/C20H17N3O3S2/c1-12-17(19(26)23-13-6-3-2-4-7-13)18(15-8-5-9-27-15)14(10-21)20(22-12)28-11-16(24)25/h2-9,18,22H,11H2,1H3,(H,23,26)(H,24,25)/t18-/m0/s1. The number of rotatable bonds is 6. The summed E-state index contributed by atoms with van der Waals surface area (Å²) in [5.41, 5.74) is 2.05.